The minimum atomic E-state index is -0.906. The Hall–Kier alpha value is -5.19. The van der Waals surface area contributed by atoms with Crippen LogP contribution in [0.4, 0.5) is 9.59 Å². The number of carboxylic acids is 1. The molecule has 2 aliphatic carbocycles. The van der Waals surface area contributed by atoms with E-state index >= 15 is 0 Å². The zero-order valence-corrected chi connectivity index (χ0v) is 31.6. The van der Waals surface area contributed by atoms with E-state index in [-0.39, 0.29) is 30.8 Å². The lowest BCUT2D eigenvalue weighted by Gasteiger charge is -2.26. The molecule has 54 heavy (non-hydrogen) atoms. The van der Waals surface area contributed by atoms with Crippen molar-refractivity contribution in [2.24, 2.45) is 16.9 Å². The summed E-state index contributed by atoms with van der Waals surface area (Å²) in [6.07, 6.45) is 5.53. The Morgan fingerprint density at radius 3 is 2.09 bits per heavy atom. The number of nitrogens with one attached hydrogen (secondary N) is 3. The van der Waals surface area contributed by atoms with Gasteiger partial charge in [0.1, 0.15) is 12.2 Å². The number of unbranched alkanes of at least 4 members (excludes halogenated alkanes) is 2. The quantitative estimate of drug-likeness (QED) is 0.0503. The number of carbonyl (C=O) groups excluding carboxylic acids is 3. The molecule has 1 saturated carbocycles. The van der Waals surface area contributed by atoms with Gasteiger partial charge in [0.05, 0.1) is 24.1 Å². The summed E-state index contributed by atoms with van der Waals surface area (Å²) in [5.74, 6) is -1.59. The first-order valence-electron chi connectivity index (χ1n) is 19.2. The standard InChI is InChI=1S/C43H54N4O7/c1-43(2,3)54-39(48)26-38(45-42(52)53-28-36-34-19-12-10-17-32(34)33-18-11-13-20-35(33)36)37(21-9-5-8-16-29-14-6-4-7-15-29)46-47-41(51)44-27-30-22-24-31(25-23-30)40(49)50/h4,6-7,10-15,17-20,30-31,36,38H,5,8-9,16,21-28H2,1-3H3,(H,45,52)(H,49,50)(H2,44,47,51)/b46-37+/t30?,31?,38-/m0/s1. The second kappa shape index (κ2) is 19.2. The number of carbonyl (C=O) groups is 4. The van der Waals surface area contributed by atoms with E-state index in [9.17, 15) is 24.3 Å². The summed E-state index contributed by atoms with van der Waals surface area (Å²) in [5.41, 5.74) is 7.91. The number of aryl methyl sites for hydroxylation is 1. The molecule has 0 bridgehead atoms. The van der Waals surface area contributed by atoms with Crippen molar-refractivity contribution in [2.75, 3.05) is 13.2 Å². The molecule has 3 amide bonds. The Labute approximate surface area is 318 Å². The van der Waals surface area contributed by atoms with Crippen LogP contribution < -0.4 is 16.1 Å². The van der Waals surface area contributed by atoms with Crippen molar-refractivity contribution in [3.63, 3.8) is 0 Å². The summed E-state index contributed by atoms with van der Waals surface area (Å²) in [6, 6.07) is 25.0. The third-order valence-electron chi connectivity index (χ3n) is 10.1. The van der Waals surface area contributed by atoms with Gasteiger partial charge in [0.25, 0.3) is 0 Å². The number of rotatable bonds is 16. The van der Waals surface area contributed by atoms with E-state index in [4.69, 9.17) is 9.47 Å². The molecule has 0 saturated heterocycles. The fraction of sp³-hybridized carbons (Fsp3) is 0.465. The number of esters is 1. The lowest BCUT2D eigenvalue weighted by atomic mass is 9.82. The molecule has 0 unspecified atom stereocenters. The lowest BCUT2D eigenvalue weighted by Crippen LogP contribution is -2.45. The van der Waals surface area contributed by atoms with Crippen LogP contribution in [0.1, 0.15) is 101 Å². The lowest BCUT2D eigenvalue weighted by molar-refractivity contribution is -0.155. The van der Waals surface area contributed by atoms with Gasteiger partial charge in [-0.2, -0.15) is 5.10 Å². The maximum absolute atomic E-state index is 13.5. The Morgan fingerprint density at radius 1 is 0.833 bits per heavy atom. The summed E-state index contributed by atoms with van der Waals surface area (Å²) in [4.78, 5) is 51.1. The van der Waals surface area contributed by atoms with Gasteiger partial charge in [0.15, 0.2) is 0 Å². The van der Waals surface area contributed by atoms with Crippen LogP contribution in [0, 0.1) is 11.8 Å². The molecule has 0 heterocycles. The molecule has 1 atom stereocenters. The number of ether oxygens (including phenoxy) is 2. The Balaban J connectivity index is 1.27. The van der Waals surface area contributed by atoms with Gasteiger partial charge in [0, 0.05) is 12.5 Å². The monoisotopic (exact) mass is 738 g/mol. The number of carboxylic acid groups (broad SMARTS) is 1. The first kappa shape index (κ1) is 40.0. The summed E-state index contributed by atoms with van der Waals surface area (Å²) in [6.45, 7) is 5.82. The van der Waals surface area contributed by atoms with Gasteiger partial charge in [-0.3, -0.25) is 9.59 Å². The SMILES string of the molecule is CC(C)(C)OC(=O)C[C@H](NC(=O)OCC1c2ccccc2-c2ccccc21)/C(CCCCCc1ccccc1)=N/NC(=O)NCC1CCC(C(=O)O)CC1. The maximum atomic E-state index is 13.5. The highest BCUT2D eigenvalue weighted by molar-refractivity contribution is 5.95. The molecule has 5 rings (SSSR count). The molecule has 11 heteroatoms. The topological polar surface area (TPSA) is 155 Å². The van der Waals surface area contributed by atoms with E-state index in [0.717, 1.165) is 54.4 Å². The summed E-state index contributed by atoms with van der Waals surface area (Å²) in [5, 5.41) is 19.5. The van der Waals surface area contributed by atoms with E-state index in [1.54, 1.807) is 20.8 Å². The molecule has 0 aliphatic heterocycles. The van der Waals surface area contributed by atoms with E-state index < -0.39 is 35.7 Å². The summed E-state index contributed by atoms with van der Waals surface area (Å²) in [7, 11) is 0. The number of hydrazone groups is 1. The molecule has 2 aliphatic rings. The van der Waals surface area contributed by atoms with Crippen LogP contribution in [0.5, 0.6) is 0 Å². The van der Waals surface area contributed by atoms with Crippen molar-refractivity contribution < 1.29 is 33.8 Å². The molecule has 3 aromatic carbocycles. The van der Waals surface area contributed by atoms with E-state index in [1.807, 2.05) is 54.6 Å². The minimum Gasteiger partial charge on any atom is -0.481 e. The number of fused-ring (bicyclic) bond motifs is 3. The number of hydrogen-bond donors (Lipinski definition) is 4. The van der Waals surface area contributed by atoms with Crippen molar-refractivity contribution in [1.82, 2.24) is 16.1 Å². The number of hydrogen-bond acceptors (Lipinski definition) is 7. The van der Waals surface area contributed by atoms with Gasteiger partial charge in [0.2, 0.25) is 0 Å². The van der Waals surface area contributed by atoms with Crippen LogP contribution in [0.3, 0.4) is 0 Å². The van der Waals surface area contributed by atoms with Gasteiger partial charge in [-0.1, -0.05) is 85.3 Å². The van der Waals surface area contributed by atoms with E-state index in [1.165, 1.54) is 5.56 Å². The highest BCUT2D eigenvalue weighted by atomic mass is 16.6. The number of nitrogens with zero attached hydrogens (tertiary/aromatic N) is 1. The molecule has 3 aromatic rings. The highest BCUT2D eigenvalue weighted by Crippen LogP contribution is 2.44. The van der Waals surface area contributed by atoms with Crippen molar-refractivity contribution >= 4 is 29.8 Å². The average molecular weight is 739 g/mol. The van der Waals surface area contributed by atoms with Crippen LogP contribution in [0.25, 0.3) is 11.1 Å². The number of aliphatic carboxylic acids is 1. The number of benzene rings is 3. The van der Waals surface area contributed by atoms with Crippen LogP contribution in [-0.4, -0.2) is 59.7 Å². The van der Waals surface area contributed by atoms with Crippen LogP contribution in [0.2, 0.25) is 0 Å². The number of alkyl carbamates (subject to hydrolysis) is 1. The van der Waals surface area contributed by atoms with Crippen LogP contribution in [-0.2, 0) is 25.5 Å². The van der Waals surface area contributed by atoms with Gasteiger partial charge >= 0.3 is 24.1 Å². The molecule has 0 spiro atoms. The van der Waals surface area contributed by atoms with E-state index in [0.29, 0.717) is 37.9 Å². The van der Waals surface area contributed by atoms with Gasteiger partial charge in [-0.25, -0.2) is 15.0 Å². The van der Waals surface area contributed by atoms with Gasteiger partial charge in [-0.05, 0) is 106 Å². The first-order valence-corrected chi connectivity index (χ1v) is 19.2. The normalized spacial score (nSPS) is 17.4. The second-order valence-corrected chi connectivity index (χ2v) is 15.3. The second-order valence-electron chi connectivity index (χ2n) is 15.3. The predicted molar refractivity (Wildman–Crippen MR) is 208 cm³/mol. The molecule has 1 fully saturated rings. The summed E-state index contributed by atoms with van der Waals surface area (Å²) >= 11 is 0. The van der Waals surface area contributed by atoms with Crippen LogP contribution in [0.15, 0.2) is 84.0 Å². The molecule has 0 aromatic heterocycles. The van der Waals surface area contributed by atoms with E-state index in [2.05, 4.69) is 45.4 Å². The van der Waals surface area contributed by atoms with Gasteiger partial charge in [-0.15, -0.1) is 0 Å². The predicted octanol–water partition coefficient (Wildman–Crippen LogP) is 7.97. The minimum absolute atomic E-state index is 0.0972. The van der Waals surface area contributed by atoms with Crippen LogP contribution >= 0.6 is 0 Å². The molecule has 288 valence electrons. The van der Waals surface area contributed by atoms with Gasteiger partial charge < -0.3 is 25.2 Å². The van der Waals surface area contributed by atoms with Crippen molar-refractivity contribution in [3.8, 4) is 11.1 Å². The maximum Gasteiger partial charge on any atom is 0.407 e. The Morgan fingerprint density at radius 2 is 1.46 bits per heavy atom. The molecular weight excluding hydrogens is 684 g/mol. The smallest absolute Gasteiger partial charge is 0.407 e. The average Bonchev–Trinajstić information content (AvgIpc) is 3.47. The summed E-state index contributed by atoms with van der Waals surface area (Å²) < 4.78 is 11.5. The van der Waals surface area contributed by atoms with Crippen molar-refractivity contribution in [1.29, 1.82) is 0 Å². The fourth-order valence-electron chi connectivity index (χ4n) is 7.36. The number of amides is 3. The Kier molecular flexibility index (Phi) is 14.2. The highest BCUT2D eigenvalue weighted by Gasteiger charge is 2.31. The zero-order chi connectivity index (χ0) is 38.5. The first-order chi connectivity index (χ1) is 26.0. The molecule has 0 radical (unpaired) electrons. The van der Waals surface area contributed by atoms with Crippen molar-refractivity contribution in [3.05, 3.63) is 95.6 Å². The zero-order valence-electron chi connectivity index (χ0n) is 31.6. The molecular formula is C43H54N4O7. The molecule has 4 N–H and O–H groups in total. The Bertz CT molecular complexity index is 1720. The third-order valence-corrected chi connectivity index (χ3v) is 10.1. The fourth-order valence-corrected chi connectivity index (χ4v) is 7.36. The molecule has 11 nitrogen and oxygen atoms in total. The largest absolute Gasteiger partial charge is 0.481 e. The van der Waals surface area contributed by atoms with Crippen molar-refractivity contribution in [2.45, 2.75) is 103 Å². The number of urea groups is 1. The third kappa shape index (κ3) is 11.9.